The minimum absolute atomic E-state index is 0.0679. The summed E-state index contributed by atoms with van der Waals surface area (Å²) in [6.45, 7) is 7.42. The van der Waals surface area contributed by atoms with Crippen LogP contribution in [0.3, 0.4) is 0 Å². The van der Waals surface area contributed by atoms with Crippen molar-refractivity contribution in [3.8, 4) is 17.2 Å². The maximum absolute atomic E-state index is 11.5. The van der Waals surface area contributed by atoms with Crippen LogP contribution in [0.1, 0.15) is 33.1 Å². The summed E-state index contributed by atoms with van der Waals surface area (Å²) in [5, 5.41) is 16.6. The standard InChI is InChI=1S/C19H33N3O4S/c1-17(2)6-4-10-22-18(23)8-11-24-12-13-25-14-15-26-19(27-16-20)7-5-9-21-3/h17,19,21H,5,7-15H2,1-3H3,(H,22,23)/t19-/m0/s1. The van der Waals surface area contributed by atoms with Gasteiger partial charge in [0.1, 0.15) is 10.8 Å². The lowest BCUT2D eigenvalue weighted by molar-refractivity contribution is -0.122. The van der Waals surface area contributed by atoms with Gasteiger partial charge in [-0.2, -0.15) is 5.26 Å². The Labute approximate surface area is 167 Å². The Morgan fingerprint density at radius 1 is 1.15 bits per heavy atom. The van der Waals surface area contributed by atoms with E-state index in [-0.39, 0.29) is 11.3 Å². The molecular weight excluding hydrogens is 366 g/mol. The molecule has 0 aromatic heterocycles. The molecule has 0 saturated heterocycles. The molecule has 0 aliphatic heterocycles. The van der Waals surface area contributed by atoms with E-state index in [4.69, 9.17) is 19.5 Å². The molecule has 0 saturated carbocycles. The molecule has 0 aliphatic carbocycles. The zero-order valence-electron chi connectivity index (χ0n) is 16.7. The van der Waals surface area contributed by atoms with Crippen molar-refractivity contribution in [2.45, 2.75) is 38.5 Å². The zero-order valence-corrected chi connectivity index (χ0v) is 17.5. The molecule has 2 N–H and O–H groups in total. The second-order valence-corrected chi connectivity index (χ2v) is 6.93. The highest BCUT2D eigenvalue weighted by Crippen LogP contribution is 2.16. The molecule has 1 amide bonds. The minimum atomic E-state index is -0.119. The molecule has 7 nitrogen and oxygen atoms in total. The molecule has 0 heterocycles. The quantitative estimate of drug-likeness (QED) is 0.177. The number of rotatable bonds is 16. The van der Waals surface area contributed by atoms with Gasteiger partial charge in [-0.05, 0) is 38.2 Å². The summed E-state index contributed by atoms with van der Waals surface area (Å²) in [5.41, 5.74) is -0.119. The number of nitriles is 1. The van der Waals surface area contributed by atoms with Crippen molar-refractivity contribution in [2.75, 3.05) is 53.2 Å². The Morgan fingerprint density at radius 3 is 2.52 bits per heavy atom. The van der Waals surface area contributed by atoms with Crippen molar-refractivity contribution in [3.63, 3.8) is 0 Å². The topological polar surface area (TPSA) is 92.6 Å². The molecule has 8 heteroatoms. The van der Waals surface area contributed by atoms with E-state index in [9.17, 15) is 4.79 Å². The molecule has 0 aliphatic rings. The fourth-order valence-corrected chi connectivity index (χ4v) is 2.46. The molecule has 1 atom stereocenters. The molecular formula is C19H33N3O4S. The van der Waals surface area contributed by atoms with Gasteiger partial charge in [-0.25, -0.2) is 0 Å². The summed E-state index contributed by atoms with van der Waals surface area (Å²) in [4.78, 5) is 11.5. The number of carbonyl (C=O) groups excluding carboxylic acids is 1. The number of thiocyanates is 1. The van der Waals surface area contributed by atoms with Crippen LogP contribution in [-0.2, 0) is 19.0 Å². The first kappa shape index (κ1) is 25.7. The maximum atomic E-state index is 11.5. The predicted octanol–water partition coefficient (Wildman–Crippen LogP) is 1.74. The Kier molecular flexibility index (Phi) is 18.5. The van der Waals surface area contributed by atoms with E-state index in [2.05, 4.69) is 27.9 Å². The fourth-order valence-electron chi connectivity index (χ4n) is 1.89. The molecule has 0 rings (SSSR count). The van der Waals surface area contributed by atoms with Crippen molar-refractivity contribution in [2.24, 2.45) is 5.92 Å². The van der Waals surface area contributed by atoms with Crippen LogP contribution < -0.4 is 10.6 Å². The minimum Gasteiger partial charge on any atom is -0.379 e. The Morgan fingerprint density at radius 2 is 1.85 bits per heavy atom. The number of nitrogens with one attached hydrogen (secondary N) is 2. The van der Waals surface area contributed by atoms with Crippen molar-refractivity contribution in [3.05, 3.63) is 0 Å². The lowest BCUT2D eigenvalue weighted by atomic mass is 10.2. The van der Waals surface area contributed by atoms with E-state index >= 15 is 0 Å². The van der Waals surface area contributed by atoms with Crippen LogP contribution in [0.4, 0.5) is 0 Å². The molecule has 0 radical (unpaired) electrons. The van der Waals surface area contributed by atoms with E-state index in [0.29, 0.717) is 51.9 Å². The maximum Gasteiger partial charge on any atom is 0.223 e. The molecule has 27 heavy (non-hydrogen) atoms. The molecule has 0 fully saturated rings. The molecule has 154 valence electrons. The number of carbonyl (C=O) groups is 1. The number of thioether (sulfide) groups is 1. The van der Waals surface area contributed by atoms with Crippen LogP contribution in [0, 0.1) is 28.4 Å². The van der Waals surface area contributed by atoms with E-state index in [0.717, 1.165) is 31.1 Å². The van der Waals surface area contributed by atoms with Gasteiger partial charge in [-0.3, -0.25) is 4.79 Å². The van der Waals surface area contributed by atoms with E-state index in [1.807, 2.05) is 20.9 Å². The first-order chi connectivity index (χ1) is 13.1. The van der Waals surface area contributed by atoms with E-state index in [1.165, 1.54) is 0 Å². The van der Waals surface area contributed by atoms with Crippen LogP contribution in [0.5, 0.6) is 0 Å². The SMILES string of the molecule is CNCCC[C@@H](OCCOCCOCCC(=O)NCC#CC(C)C)SC#N. The normalized spacial score (nSPS) is 11.5. The van der Waals surface area contributed by atoms with Crippen molar-refractivity contribution < 1.29 is 19.0 Å². The summed E-state index contributed by atoms with van der Waals surface area (Å²) in [6, 6.07) is 0. The number of hydrogen-bond donors (Lipinski definition) is 2. The van der Waals surface area contributed by atoms with Crippen LogP contribution in [0.25, 0.3) is 0 Å². The van der Waals surface area contributed by atoms with Crippen LogP contribution in [0.2, 0.25) is 0 Å². The van der Waals surface area contributed by atoms with Gasteiger partial charge < -0.3 is 24.8 Å². The number of hydrogen-bond acceptors (Lipinski definition) is 7. The third-order valence-electron chi connectivity index (χ3n) is 3.19. The van der Waals surface area contributed by atoms with Crippen molar-refractivity contribution >= 4 is 17.7 Å². The second-order valence-electron chi connectivity index (χ2n) is 5.98. The van der Waals surface area contributed by atoms with Gasteiger partial charge in [0.25, 0.3) is 0 Å². The molecule has 0 spiro atoms. The Bertz CT molecular complexity index is 472. The van der Waals surface area contributed by atoms with Gasteiger partial charge >= 0.3 is 0 Å². The molecule has 0 unspecified atom stereocenters. The first-order valence-corrected chi connectivity index (χ1v) is 10.2. The van der Waals surface area contributed by atoms with Gasteiger partial charge in [-0.15, -0.1) is 0 Å². The number of ether oxygens (including phenoxy) is 3. The summed E-state index contributed by atoms with van der Waals surface area (Å²) in [6.07, 6.45) is 2.10. The number of amides is 1. The van der Waals surface area contributed by atoms with Gasteiger partial charge in [0, 0.05) is 12.3 Å². The first-order valence-electron chi connectivity index (χ1n) is 9.31. The molecule has 0 aromatic rings. The average molecular weight is 400 g/mol. The van der Waals surface area contributed by atoms with Crippen molar-refractivity contribution in [1.82, 2.24) is 10.6 Å². The monoisotopic (exact) mass is 399 g/mol. The van der Waals surface area contributed by atoms with Crippen LogP contribution in [0.15, 0.2) is 0 Å². The van der Waals surface area contributed by atoms with Crippen molar-refractivity contribution in [1.29, 1.82) is 5.26 Å². The van der Waals surface area contributed by atoms with Gasteiger partial charge in [-0.1, -0.05) is 25.7 Å². The third-order valence-corrected chi connectivity index (χ3v) is 3.93. The average Bonchev–Trinajstić information content (AvgIpc) is 2.63. The zero-order chi connectivity index (χ0) is 20.2. The Balaban J connectivity index is 3.49. The van der Waals surface area contributed by atoms with Gasteiger partial charge in [0.2, 0.25) is 5.91 Å². The highest BCUT2D eigenvalue weighted by molar-refractivity contribution is 8.04. The lowest BCUT2D eigenvalue weighted by Gasteiger charge is -2.14. The highest BCUT2D eigenvalue weighted by Gasteiger charge is 2.09. The van der Waals surface area contributed by atoms with Gasteiger partial charge in [0.05, 0.1) is 39.6 Å². The van der Waals surface area contributed by atoms with Gasteiger partial charge in [0.15, 0.2) is 0 Å². The van der Waals surface area contributed by atoms with E-state index < -0.39 is 0 Å². The summed E-state index contributed by atoms with van der Waals surface area (Å²) in [7, 11) is 1.90. The summed E-state index contributed by atoms with van der Waals surface area (Å²) >= 11 is 1.14. The Hall–Kier alpha value is -1.29. The summed E-state index contributed by atoms with van der Waals surface area (Å²) < 4.78 is 16.4. The fraction of sp³-hybridized carbons (Fsp3) is 0.789. The highest BCUT2D eigenvalue weighted by atomic mass is 32.2. The molecule has 0 bridgehead atoms. The van der Waals surface area contributed by atoms with Crippen LogP contribution >= 0.6 is 11.8 Å². The third kappa shape index (κ3) is 19.3. The lowest BCUT2D eigenvalue weighted by Crippen LogP contribution is -2.25. The predicted molar refractivity (Wildman–Crippen MR) is 108 cm³/mol. The van der Waals surface area contributed by atoms with Crippen LogP contribution in [-0.4, -0.2) is 64.5 Å². The summed E-state index contributed by atoms with van der Waals surface area (Å²) in [5.74, 6) is 6.13. The van der Waals surface area contributed by atoms with E-state index in [1.54, 1.807) is 0 Å². The smallest absolute Gasteiger partial charge is 0.223 e. The molecule has 0 aromatic carbocycles. The largest absolute Gasteiger partial charge is 0.379 e. The number of nitrogens with zero attached hydrogens (tertiary/aromatic N) is 1. The second kappa shape index (κ2) is 19.5.